The van der Waals surface area contributed by atoms with E-state index in [0.29, 0.717) is 17.8 Å². The first-order valence-corrected chi connectivity index (χ1v) is 10.1. The standard InChI is InChI=1S/C22H24FN3O5/c1-31-12-19(29)26-20-14(10-25-17(20)7-4-8-18(25)28)15(11-27)21(26)22(30)24-9-13-5-2-3-6-16(13)23/h2-8,14-15,20-21,27H,9-12H2,1H3,(H,24,30)/t14-,15-,20+,21-/m0/s1. The van der Waals surface area contributed by atoms with E-state index in [0.717, 1.165) is 0 Å². The number of carbonyl (C=O) groups is 2. The first kappa shape index (κ1) is 21.2. The number of amides is 2. The molecule has 31 heavy (non-hydrogen) atoms. The Morgan fingerprint density at radius 3 is 2.71 bits per heavy atom. The number of aromatic nitrogens is 1. The van der Waals surface area contributed by atoms with Crippen LogP contribution in [0, 0.1) is 17.7 Å². The second kappa shape index (κ2) is 8.60. The highest BCUT2D eigenvalue weighted by atomic mass is 19.1. The number of rotatable bonds is 6. The maximum Gasteiger partial charge on any atom is 0.250 e. The van der Waals surface area contributed by atoms with Gasteiger partial charge in [0, 0.05) is 56.0 Å². The number of carbonyl (C=O) groups excluding carboxylic acids is 2. The van der Waals surface area contributed by atoms with Gasteiger partial charge in [0.05, 0.1) is 6.04 Å². The van der Waals surface area contributed by atoms with Gasteiger partial charge in [-0.2, -0.15) is 0 Å². The molecule has 8 nitrogen and oxygen atoms in total. The van der Waals surface area contributed by atoms with Crippen LogP contribution in [-0.2, 0) is 27.4 Å². The summed E-state index contributed by atoms with van der Waals surface area (Å²) in [7, 11) is 1.38. The van der Waals surface area contributed by atoms with E-state index in [1.165, 1.54) is 24.1 Å². The van der Waals surface area contributed by atoms with Gasteiger partial charge >= 0.3 is 0 Å². The summed E-state index contributed by atoms with van der Waals surface area (Å²) in [5.41, 5.74) is 0.759. The molecular formula is C22H24FN3O5. The summed E-state index contributed by atoms with van der Waals surface area (Å²) in [6.45, 7) is -0.315. The van der Waals surface area contributed by atoms with Crippen LogP contribution in [0.15, 0.2) is 47.3 Å². The minimum Gasteiger partial charge on any atom is -0.396 e. The molecule has 0 radical (unpaired) electrons. The Morgan fingerprint density at radius 2 is 2.00 bits per heavy atom. The van der Waals surface area contributed by atoms with Gasteiger partial charge in [-0.1, -0.05) is 24.3 Å². The van der Waals surface area contributed by atoms with Crippen molar-refractivity contribution in [3.05, 3.63) is 69.9 Å². The van der Waals surface area contributed by atoms with Crippen LogP contribution < -0.4 is 10.9 Å². The molecule has 3 heterocycles. The number of likely N-dealkylation sites (tertiary alicyclic amines) is 1. The SMILES string of the molecule is COCC(=O)N1[C@H](C(=O)NCc2ccccc2F)[C@@H](CO)[C@@H]2Cn3c(cccc3=O)[C@@H]21. The van der Waals surface area contributed by atoms with Gasteiger partial charge in [0.1, 0.15) is 18.5 Å². The van der Waals surface area contributed by atoms with E-state index >= 15 is 0 Å². The zero-order valence-electron chi connectivity index (χ0n) is 17.0. The Labute approximate surface area is 178 Å². The number of hydrogen-bond acceptors (Lipinski definition) is 5. The van der Waals surface area contributed by atoms with Crippen LogP contribution in [0.3, 0.4) is 0 Å². The van der Waals surface area contributed by atoms with E-state index in [-0.39, 0.29) is 31.2 Å². The molecule has 1 saturated heterocycles. The van der Waals surface area contributed by atoms with Crippen LogP contribution in [0.25, 0.3) is 0 Å². The fourth-order valence-corrected chi connectivity index (χ4v) is 4.84. The zero-order valence-corrected chi connectivity index (χ0v) is 17.0. The number of methoxy groups -OCH3 is 1. The second-order valence-corrected chi connectivity index (χ2v) is 7.84. The summed E-state index contributed by atoms with van der Waals surface area (Å²) in [5.74, 6) is -2.21. The molecule has 164 valence electrons. The van der Waals surface area contributed by atoms with Gasteiger partial charge in [-0.3, -0.25) is 14.4 Å². The highest BCUT2D eigenvalue weighted by Gasteiger charge is 2.57. The molecule has 0 bridgehead atoms. The van der Waals surface area contributed by atoms with Crippen LogP contribution in [0.4, 0.5) is 4.39 Å². The predicted octanol–water partition coefficient (Wildman–Crippen LogP) is 0.440. The maximum atomic E-state index is 14.0. The van der Waals surface area contributed by atoms with E-state index in [9.17, 15) is 23.9 Å². The van der Waals surface area contributed by atoms with Crippen molar-refractivity contribution >= 4 is 11.8 Å². The Bertz CT molecular complexity index is 1060. The molecule has 9 heteroatoms. The van der Waals surface area contributed by atoms with Crippen LogP contribution in [0.2, 0.25) is 0 Å². The summed E-state index contributed by atoms with van der Waals surface area (Å²) in [4.78, 5) is 39.9. The van der Waals surface area contributed by atoms with Gasteiger partial charge in [0.25, 0.3) is 5.56 Å². The van der Waals surface area contributed by atoms with Crippen molar-refractivity contribution in [2.45, 2.75) is 25.2 Å². The summed E-state index contributed by atoms with van der Waals surface area (Å²) in [6, 6.07) is 9.44. The van der Waals surface area contributed by atoms with Crippen molar-refractivity contribution in [2.24, 2.45) is 11.8 Å². The second-order valence-electron chi connectivity index (χ2n) is 7.84. The van der Waals surface area contributed by atoms with Crippen molar-refractivity contribution < 1.29 is 23.8 Å². The van der Waals surface area contributed by atoms with Gasteiger partial charge < -0.3 is 24.6 Å². The molecule has 2 amide bonds. The smallest absolute Gasteiger partial charge is 0.250 e. The average Bonchev–Trinajstić information content (AvgIpc) is 3.28. The number of aliphatic hydroxyl groups excluding tert-OH is 1. The quantitative estimate of drug-likeness (QED) is 0.694. The number of fused-ring (bicyclic) bond motifs is 3. The van der Waals surface area contributed by atoms with E-state index in [4.69, 9.17) is 4.74 Å². The number of ether oxygens (including phenoxy) is 1. The maximum absolute atomic E-state index is 14.0. The number of benzene rings is 1. The molecule has 0 spiro atoms. The lowest BCUT2D eigenvalue weighted by Crippen LogP contribution is -2.51. The first-order chi connectivity index (χ1) is 15.0. The molecule has 1 fully saturated rings. The predicted molar refractivity (Wildman–Crippen MR) is 108 cm³/mol. The van der Waals surface area contributed by atoms with Gasteiger partial charge in [-0.25, -0.2) is 4.39 Å². The van der Waals surface area contributed by atoms with E-state index in [2.05, 4.69) is 5.32 Å². The third kappa shape index (κ3) is 3.64. The van der Waals surface area contributed by atoms with Crippen molar-refractivity contribution in [3.8, 4) is 0 Å². The summed E-state index contributed by atoms with van der Waals surface area (Å²) < 4.78 is 20.5. The van der Waals surface area contributed by atoms with Crippen LogP contribution >= 0.6 is 0 Å². The van der Waals surface area contributed by atoms with Crippen LogP contribution in [0.1, 0.15) is 17.3 Å². The van der Waals surface area contributed by atoms with Gasteiger partial charge in [0.2, 0.25) is 11.8 Å². The number of aliphatic hydroxyl groups is 1. The Hall–Kier alpha value is -3.04. The number of nitrogens with zero attached hydrogens (tertiary/aromatic N) is 2. The van der Waals surface area contributed by atoms with Gasteiger partial charge in [-0.15, -0.1) is 0 Å². The molecule has 0 aliphatic carbocycles. The minimum atomic E-state index is -0.960. The van der Waals surface area contributed by atoms with Crippen LogP contribution in [0.5, 0.6) is 0 Å². The van der Waals surface area contributed by atoms with Crippen molar-refractivity contribution in [1.29, 1.82) is 0 Å². The average molecular weight is 429 g/mol. The minimum absolute atomic E-state index is 0.0438. The van der Waals surface area contributed by atoms with Gasteiger partial charge in [0.15, 0.2) is 0 Å². The number of hydrogen-bond donors (Lipinski definition) is 2. The lowest BCUT2D eigenvalue weighted by atomic mass is 9.88. The summed E-state index contributed by atoms with van der Waals surface area (Å²) >= 11 is 0. The fraction of sp³-hybridized carbons (Fsp3) is 0.409. The monoisotopic (exact) mass is 429 g/mol. The number of halogens is 1. The molecule has 2 aliphatic heterocycles. The molecule has 2 aromatic rings. The molecule has 4 rings (SSSR count). The Kier molecular flexibility index (Phi) is 5.88. The molecule has 1 aromatic carbocycles. The van der Waals surface area contributed by atoms with E-state index in [1.807, 2.05) is 0 Å². The van der Waals surface area contributed by atoms with Crippen molar-refractivity contribution in [2.75, 3.05) is 20.3 Å². The van der Waals surface area contributed by atoms with E-state index < -0.39 is 35.6 Å². The topological polar surface area (TPSA) is 101 Å². The molecule has 2 N–H and O–H groups in total. The zero-order chi connectivity index (χ0) is 22.1. The normalized spacial score (nSPS) is 24.0. The van der Waals surface area contributed by atoms with Crippen molar-refractivity contribution in [3.63, 3.8) is 0 Å². The third-order valence-corrected chi connectivity index (χ3v) is 6.19. The summed E-state index contributed by atoms with van der Waals surface area (Å²) in [5, 5.41) is 12.8. The molecule has 2 aliphatic rings. The summed E-state index contributed by atoms with van der Waals surface area (Å²) in [6.07, 6.45) is 0. The molecular weight excluding hydrogens is 405 g/mol. The van der Waals surface area contributed by atoms with Crippen molar-refractivity contribution in [1.82, 2.24) is 14.8 Å². The number of pyridine rings is 1. The highest BCUT2D eigenvalue weighted by Crippen LogP contribution is 2.49. The first-order valence-electron chi connectivity index (χ1n) is 10.1. The third-order valence-electron chi connectivity index (χ3n) is 6.19. The molecule has 1 aromatic heterocycles. The van der Waals surface area contributed by atoms with Gasteiger partial charge in [-0.05, 0) is 12.1 Å². The molecule has 0 unspecified atom stereocenters. The lowest BCUT2D eigenvalue weighted by Gasteiger charge is -2.30. The molecule has 4 atom stereocenters. The van der Waals surface area contributed by atoms with E-state index in [1.54, 1.807) is 34.9 Å². The highest BCUT2D eigenvalue weighted by molar-refractivity contribution is 5.89. The number of nitrogens with one attached hydrogen (secondary N) is 1. The Morgan fingerprint density at radius 1 is 1.23 bits per heavy atom. The molecule has 0 saturated carbocycles. The lowest BCUT2D eigenvalue weighted by molar-refractivity contribution is -0.144. The van der Waals surface area contributed by atoms with Crippen LogP contribution in [-0.4, -0.2) is 52.8 Å². The Balaban J connectivity index is 1.67. The fourth-order valence-electron chi connectivity index (χ4n) is 4.84. The largest absolute Gasteiger partial charge is 0.396 e.